The van der Waals surface area contributed by atoms with Crippen molar-refractivity contribution in [3.05, 3.63) is 60.4 Å². The molecule has 0 bridgehead atoms. The molecule has 0 aliphatic heterocycles. The third-order valence-corrected chi connectivity index (χ3v) is 4.43. The summed E-state index contributed by atoms with van der Waals surface area (Å²) >= 11 is 15.9. The average molecular weight is 468 g/mol. The molecule has 0 unspecified atom stereocenters. The Hall–Kier alpha value is -0.360. The van der Waals surface area contributed by atoms with Gasteiger partial charge in [-0.25, -0.2) is 0 Å². The second-order valence-electron chi connectivity index (χ2n) is 3.74. The van der Waals surface area contributed by atoms with Gasteiger partial charge in [-0.05, 0) is 52.3 Å². The lowest BCUT2D eigenvalue weighted by molar-refractivity contribution is 0.102. The normalized spacial score (nSPS) is 10.3. The van der Waals surface area contributed by atoms with Crippen LogP contribution in [0.15, 0.2) is 49.8 Å². The summed E-state index contributed by atoms with van der Waals surface area (Å²) in [6, 6.07) is 10.6. The quantitative estimate of drug-likeness (QED) is 0.586. The molecule has 0 saturated heterocycles. The largest absolute Gasteiger partial charge is 0.322 e. The van der Waals surface area contributed by atoms with Crippen LogP contribution >= 0.6 is 59.4 Å². The van der Waals surface area contributed by atoms with Gasteiger partial charge in [0.1, 0.15) is 0 Å². The summed E-state index contributed by atoms with van der Waals surface area (Å²) < 4.78 is 2.41. The molecule has 6 heteroatoms. The van der Waals surface area contributed by atoms with E-state index in [4.69, 9.17) is 11.6 Å². The smallest absolute Gasteiger partial charge is 0.255 e. The number of halogens is 4. The van der Waals surface area contributed by atoms with Gasteiger partial charge in [-0.1, -0.05) is 43.5 Å². The first-order valence-electron chi connectivity index (χ1n) is 5.18. The first-order chi connectivity index (χ1) is 8.95. The third-order valence-electron chi connectivity index (χ3n) is 2.30. The average Bonchev–Trinajstić information content (AvgIpc) is 2.32. The lowest BCUT2D eigenvalue weighted by Gasteiger charge is -2.07. The van der Waals surface area contributed by atoms with Gasteiger partial charge in [-0.3, -0.25) is 4.79 Å². The van der Waals surface area contributed by atoms with E-state index in [-0.39, 0.29) is 5.91 Å². The molecule has 2 aromatic rings. The number of carbonyl (C=O) groups is 1. The second kappa shape index (κ2) is 6.39. The Morgan fingerprint density at radius 2 is 1.63 bits per heavy atom. The molecule has 0 atom stereocenters. The van der Waals surface area contributed by atoms with Gasteiger partial charge >= 0.3 is 0 Å². The van der Waals surface area contributed by atoms with Crippen molar-refractivity contribution in [2.45, 2.75) is 0 Å². The van der Waals surface area contributed by atoms with Crippen LogP contribution in [0.4, 0.5) is 5.69 Å². The zero-order valence-corrected chi connectivity index (χ0v) is 14.9. The molecule has 98 valence electrons. The van der Waals surface area contributed by atoms with Crippen LogP contribution in [0.1, 0.15) is 10.4 Å². The van der Waals surface area contributed by atoms with E-state index in [9.17, 15) is 4.79 Å². The van der Waals surface area contributed by atoms with E-state index in [1.807, 2.05) is 6.07 Å². The van der Waals surface area contributed by atoms with Crippen LogP contribution in [0, 0.1) is 0 Å². The number of hydrogen-bond donors (Lipinski definition) is 1. The molecule has 0 aliphatic rings. The first kappa shape index (κ1) is 15.0. The minimum Gasteiger partial charge on any atom is -0.322 e. The maximum absolute atomic E-state index is 12.1. The van der Waals surface area contributed by atoms with Crippen molar-refractivity contribution >= 4 is 71.0 Å². The number of anilines is 1. The molecule has 1 N–H and O–H groups in total. The summed E-state index contributed by atoms with van der Waals surface area (Å²) in [7, 11) is 0. The van der Waals surface area contributed by atoms with Crippen molar-refractivity contribution in [2.24, 2.45) is 0 Å². The summed E-state index contributed by atoms with van der Waals surface area (Å²) in [5, 5.41) is 3.41. The van der Waals surface area contributed by atoms with Crippen molar-refractivity contribution in [3.8, 4) is 0 Å². The number of nitrogens with one attached hydrogen (secondary N) is 1. The molecule has 0 aromatic heterocycles. The Bertz CT molecular complexity index is 626. The monoisotopic (exact) mass is 465 g/mol. The molecular formula is C13H7Br3ClNO. The van der Waals surface area contributed by atoms with Crippen molar-refractivity contribution < 1.29 is 4.79 Å². The van der Waals surface area contributed by atoms with Gasteiger partial charge in [0, 0.05) is 24.7 Å². The number of hydrogen-bond acceptors (Lipinski definition) is 1. The first-order valence-corrected chi connectivity index (χ1v) is 7.94. The fourth-order valence-electron chi connectivity index (χ4n) is 1.46. The van der Waals surface area contributed by atoms with E-state index in [0.29, 0.717) is 16.3 Å². The second-order valence-corrected chi connectivity index (χ2v) is 6.83. The summed E-state index contributed by atoms with van der Waals surface area (Å²) in [5.41, 5.74) is 1.24. The van der Waals surface area contributed by atoms with E-state index in [2.05, 4.69) is 53.1 Å². The Labute approximate surface area is 140 Å². The minimum absolute atomic E-state index is 0.184. The fourth-order valence-corrected chi connectivity index (χ4v) is 3.25. The van der Waals surface area contributed by atoms with Crippen molar-refractivity contribution in [1.82, 2.24) is 0 Å². The van der Waals surface area contributed by atoms with Gasteiger partial charge in [0.2, 0.25) is 0 Å². The maximum Gasteiger partial charge on any atom is 0.255 e. The molecule has 19 heavy (non-hydrogen) atoms. The molecule has 0 spiro atoms. The van der Waals surface area contributed by atoms with Gasteiger partial charge in [-0.2, -0.15) is 0 Å². The molecular weight excluding hydrogens is 461 g/mol. The van der Waals surface area contributed by atoms with E-state index >= 15 is 0 Å². The summed E-state index contributed by atoms with van der Waals surface area (Å²) in [6.45, 7) is 0. The lowest BCUT2D eigenvalue weighted by atomic mass is 10.2. The number of rotatable bonds is 2. The van der Waals surface area contributed by atoms with E-state index in [1.54, 1.807) is 30.3 Å². The molecule has 0 radical (unpaired) electrons. The molecule has 2 aromatic carbocycles. The van der Waals surface area contributed by atoms with E-state index in [0.717, 1.165) is 13.4 Å². The maximum atomic E-state index is 12.1. The predicted octanol–water partition coefficient (Wildman–Crippen LogP) is 5.88. The third kappa shape index (κ3) is 4.05. The summed E-state index contributed by atoms with van der Waals surface area (Å²) in [6.07, 6.45) is 0. The van der Waals surface area contributed by atoms with Crippen molar-refractivity contribution in [3.63, 3.8) is 0 Å². The zero-order chi connectivity index (χ0) is 14.0. The van der Waals surface area contributed by atoms with E-state index in [1.165, 1.54) is 0 Å². The highest BCUT2D eigenvalue weighted by molar-refractivity contribution is 9.11. The number of carbonyl (C=O) groups excluding carboxylic acids is 1. The molecule has 0 saturated carbocycles. The summed E-state index contributed by atoms with van der Waals surface area (Å²) in [5.74, 6) is -0.184. The zero-order valence-electron chi connectivity index (χ0n) is 9.38. The highest BCUT2D eigenvalue weighted by atomic mass is 79.9. The molecule has 0 fully saturated rings. The number of benzene rings is 2. The highest BCUT2D eigenvalue weighted by Crippen LogP contribution is 2.26. The van der Waals surface area contributed by atoms with Crippen LogP contribution in [-0.4, -0.2) is 5.91 Å². The predicted molar refractivity (Wildman–Crippen MR) is 88.9 cm³/mol. The van der Waals surface area contributed by atoms with Crippen LogP contribution in [0.3, 0.4) is 0 Å². The Balaban J connectivity index is 2.22. The van der Waals surface area contributed by atoms with E-state index < -0.39 is 0 Å². The summed E-state index contributed by atoms with van der Waals surface area (Å²) in [4.78, 5) is 12.1. The topological polar surface area (TPSA) is 29.1 Å². The van der Waals surface area contributed by atoms with Gasteiger partial charge < -0.3 is 5.32 Å². The van der Waals surface area contributed by atoms with Crippen molar-refractivity contribution in [2.75, 3.05) is 5.32 Å². The number of amides is 1. The van der Waals surface area contributed by atoms with Crippen LogP contribution in [-0.2, 0) is 0 Å². The van der Waals surface area contributed by atoms with Gasteiger partial charge in [0.25, 0.3) is 5.91 Å². The Morgan fingerprint density at radius 1 is 1.00 bits per heavy atom. The fraction of sp³-hybridized carbons (Fsp3) is 0. The van der Waals surface area contributed by atoms with Gasteiger partial charge in [-0.15, -0.1) is 0 Å². The Morgan fingerprint density at radius 3 is 2.21 bits per heavy atom. The molecule has 2 nitrogen and oxygen atoms in total. The molecule has 0 aliphatic carbocycles. The van der Waals surface area contributed by atoms with Crippen LogP contribution in [0.2, 0.25) is 5.02 Å². The standard InChI is InChI=1S/C13H7Br3ClNO/c14-8-3-7(4-9(15)5-8)13(19)18-10-1-2-12(17)11(16)6-10/h1-6H,(H,18,19). The van der Waals surface area contributed by atoms with Crippen LogP contribution < -0.4 is 5.32 Å². The van der Waals surface area contributed by atoms with Gasteiger partial charge in [0.05, 0.1) is 5.02 Å². The van der Waals surface area contributed by atoms with Crippen LogP contribution in [0.25, 0.3) is 0 Å². The van der Waals surface area contributed by atoms with Crippen LogP contribution in [0.5, 0.6) is 0 Å². The minimum atomic E-state index is -0.184. The molecule has 1 amide bonds. The van der Waals surface area contributed by atoms with Crippen molar-refractivity contribution in [1.29, 1.82) is 0 Å². The van der Waals surface area contributed by atoms with Gasteiger partial charge in [0.15, 0.2) is 0 Å². The highest BCUT2D eigenvalue weighted by Gasteiger charge is 2.09. The SMILES string of the molecule is O=C(Nc1ccc(Cl)c(Br)c1)c1cc(Br)cc(Br)c1. The Kier molecular flexibility index (Phi) is 5.06. The molecule has 2 rings (SSSR count). The molecule has 0 heterocycles. The lowest BCUT2D eigenvalue weighted by Crippen LogP contribution is -2.11.